The molecule has 0 atom stereocenters. The molecule has 0 unspecified atom stereocenters. The number of carbonyl (C=O) groups is 1. The topological polar surface area (TPSA) is 125 Å². The average Bonchev–Trinajstić information content (AvgIpc) is 3.55. The summed E-state index contributed by atoms with van der Waals surface area (Å²) in [7, 11) is 0. The van der Waals surface area contributed by atoms with E-state index in [-0.39, 0.29) is 56.1 Å². The summed E-state index contributed by atoms with van der Waals surface area (Å²) in [6, 6.07) is 2.00. The molecule has 0 aromatic carbocycles. The van der Waals surface area contributed by atoms with Gasteiger partial charge in [0.1, 0.15) is 17.1 Å². The summed E-state index contributed by atoms with van der Waals surface area (Å²) in [5.74, 6) is -0.524. The normalized spacial score (nSPS) is 13.9. The van der Waals surface area contributed by atoms with Crippen molar-refractivity contribution in [2.45, 2.75) is 52.4 Å². The number of halogens is 3. The smallest absolute Gasteiger partial charge is 0.451 e. The predicted octanol–water partition coefficient (Wildman–Crippen LogP) is 3.43. The average molecular weight is 523 g/mol. The Bertz CT molecular complexity index is 1410. The number of aryl methyl sites for hydroxylation is 1. The maximum atomic E-state index is 13.3. The summed E-state index contributed by atoms with van der Waals surface area (Å²) in [5, 5.41) is 15.8. The minimum Gasteiger partial charge on any atom is -0.466 e. The number of nitrogens with zero attached hydrogens (tertiary/aromatic N) is 8. The number of anilines is 1. The Kier molecular flexibility index (Phi) is 6.32. The zero-order chi connectivity index (χ0) is 25.4. The van der Waals surface area contributed by atoms with Gasteiger partial charge in [0.15, 0.2) is 5.82 Å². The van der Waals surface area contributed by atoms with Crippen molar-refractivity contribution in [2.24, 2.45) is 0 Å². The number of ether oxygens (including phenoxy) is 1. The maximum Gasteiger partial charge on any atom is 0.451 e. The number of carbonyl (C=O) groups excluding carboxylic acids is 1. The molecule has 1 aliphatic heterocycles. The fourth-order valence-electron chi connectivity index (χ4n) is 3.96. The van der Waals surface area contributed by atoms with Crippen molar-refractivity contribution in [3.8, 4) is 11.7 Å². The van der Waals surface area contributed by atoms with Crippen LogP contribution < -0.4 is 4.90 Å². The molecular weight excluding hydrogens is 501 g/mol. The van der Waals surface area contributed by atoms with Gasteiger partial charge in [0.25, 0.3) is 5.89 Å². The number of aromatic nitrogens is 7. The van der Waals surface area contributed by atoms with Crippen LogP contribution in [0.5, 0.6) is 0 Å². The van der Waals surface area contributed by atoms with Gasteiger partial charge in [-0.3, -0.25) is 4.79 Å². The molecule has 0 fully saturated rings. The highest BCUT2D eigenvalue weighted by atomic mass is 32.1. The molecule has 36 heavy (non-hydrogen) atoms. The molecule has 5 rings (SSSR count). The zero-order valence-electron chi connectivity index (χ0n) is 19.4. The standard InChI is InChI=1S/C21H21F3N8O3S/c1-3-5-11-8-12-17(31-6-7-32-13(10-31)27-30-20(32)21(22,23)24)25-16(26-19(12)36-11)18-29-28-14(35-18)9-15(33)34-4-2/h8H,3-7,9-10H2,1-2H3. The molecule has 1 aliphatic rings. The number of hydrogen-bond donors (Lipinski definition) is 0. The van der Waals surface area contributed by atoms with Crippen molar-refractivity contribution in [1.29, 1.82) is 0 Å². The Balaban J connectivity index is 1.52. The van der Waals surface area contributed by atoms with E-state index in [1.54, 1.807) is 6.92 Å². The Morgan fingerprint density at radius 1 is 1.17 bits per heavy atom. The lowest BCUT2D eigenvalue weighted by atomic mass is 10.2. The van der Waals surface area contributed by atoms with Crippen molar-refractivity contribution < 1.29 is 27.1 Å². The van der Waals surface area contributed by atoms with E-state index in [2.05, 4.69) is 37.3 Å². The lowest BCUT2D eigenvalue weighted by molar-refractivity contribution is -0.147. The number of thiophene rings is 1. The van der Waals surface area contributed by atoms with E-state index in [9.17, 15) is 18.0 Å². The van der Waals surface area contributed by atoms with Crippen molar-refractivity contribution >= 4 is 33.3 Å². The minimum absolute atomic E-state index is 0.0300. The van der Waals surface area contributed by atoms with Crippen LogP contribution in [0.25, 0.3) is 21.9 Å². The second-order valence-corrected chi connectivity index (χ2v) is 9.16. The summed E-state index contributed by atoms with van der Waals surface area (Å²) in [4.78, 5) is 24.6. The summed E-state index contributed by atoms with van der Waals surface area (Å²) < 4.78 is 51.4. The molecule has 0 saturated carbocycles. The molecule has 0 N–H and O–H groups in total. The van der Waals surface area contributed by atoms with Crippen LogP contribution in [0.15, 0.2) is 10.5 Å². The second-order valence-electron chi connectivity index (χ2n) is 8.05. The summed E-state index contributed by atoms with van der Waals surface area (Å²) in [6.45, 7) is 4.40. The molecule has 4 aromatic heterocycles. The Morgan fingerprint density at radius 3 is 2.75 bits per heavy atom. The third-order valence-electron chi connectivity index (χ3n) is 5.49. The zero-order valence-corrected chi connectivity index (χ0v) is 20.2. The molecule has 0 spiro atoms. The van der Waals surface area contributed by atoms with Gasteiger partial charge in [0.05, 0.1) is 18.5 Å². The largest absolute Gasteiger partial charge is 0.466 e. The van der Waals surface area contributed by atoms with Crippen LogP contribution in [0.4, 0.5) is 19.0 Å². The Morgan fingerprint density at radius 2 is 2.00 bits per heavy atom. The van der Waals surface area contributed by atoms with Gasteiger partial charge in [-0.15, -0.1) is 31.7 Å². The van der Waals surface area contributed by atoms with Gasteiger partial charge in [-0.1, -0.05) is 13.3 Å². The fourth-order valence-corrected chi connectivity index (χ4v) is 5.09. The number of rotatable bonds is 7. The minimum atomic E-state index is -4.58. The lowest BCUT2D eigenvalue weighted by Crippen LogP contribution is -2.36. The van der Waals surface area contributed by atoms with Gasteiger partial charge < -0.3 is 18.6 Å². The highest BCUT2D eigenvalue weighted by molar-refractivity contribution is 7.18. The third-order valence-corrected chi connectivity index (χ3v) is 6.57. The lowest BCUT2D eigenvalue weighted by Gasteiger charge is -2.29. The molecule has 11 nitrogen and oxygen atoms in total. The molecule has 5 heterocycles. The molecule has 0 saturated heterocycles. The van der Waals surface area contributed by atoms with E-state index in [4.69, 9.17) is 9.15 Å². The van der Waals surface area contributed by atoms with E-state index in [1.165, 1.54) is 11.3 Å². The molecule has 15 heteroatoms. The SMILES string of the molecule is CCCc1cc2c(N3CCn4c(nnc4C(F)(F)F)C3)nc(-c3nnc(CC(=O)OCC)o3)nc2s1. The van der Waals surface area contributed by atoms with E-state index in [1.807, 2.05) is 11.0 Å². The van der Waals surface area contributed by atoms with Crippen molar-refractivity contribution in [1.82, 2.24) is 34.9 Å². The summed E-state index contributed by atoms with van der Waals surface area (Å²) >= 11 is 1.50. The molecule has 0 amide bonds. The van der Waals surface area contributed by atoms with Crippen LogP contribution in [-0.2, 0) is 41.6 Å². The number of alkyl halides is 3. The van der Waals surface area contributed by atoms with Gasteiger partial charge in [0.2, 0.25) is 17.5 Å². The molecule has 190 valence electrons. The van der Waals surface area contributed by atoms with Crippen LogP contribution in [-0.4, -0.2) is 54.1 Å². The van der Waals surface area contributed by atoms with Gasteiger partial charge in [0, 0.05) is 18.0 Å². The first-order valence-corrected chi connectivity index (χ1v) is 12.1. The van der Waals surface area contributed by atoms with Gasteiger partial charge in [-0.05, 0) is 19.4 Å². The van der Waals surface area contributed by atoms with E-state index in [0.717, 1.165) is 27.7 Å². The first kappa shape index (κ1) is 24.1. The number of hydrogen-bond acceptors (Lipinski definition) is 11. The van der Waals surface area contributed by atoms with Crippen molar-refractivity contribution in [3.63, 3.8) is 0 Å². The van der Waals surface area contributed by atoms with E-state index in [0.29, 0.717) is 10.6 Å². The van der Waals surface area contributed by atoms with Gasteiger partial charge in [-0.2, -0.15) is 13.2 Å². The molecular formula is C21H21F3N8O3S. The van der Waals surface area contributed by atoms with Crippen LogP contribution >= 0.6 is 11.3 Å². The van der Waals surface area contributed by atoms with Gasteiger partial charge in [-0.25, -0.2) is 9.97 Å². The Hall–Kier alpha value is -3.62. The van der Waals surface area contributed by atoms with Crippen LogP contribution in [0.3, 0.4) is 0 Å². The first-order chi connectivity index (χ1) is 17.3. The quantitative estimate of drug-likeness (QED) is 0.333. The van der Waals surface area contributed by atoms with Crippen LogP contribution in [0.1, 0.15) is 42.7 Å². The maximum absolute atomic E-state index is 13.3. The van der Waals surface area contributed by atoms with E-state index < -0.39 is 18.0 Å². The monoisotopic (exact) mass is 522 g/mol. The molecule has 0 radical (unpaired) electrons. The number of esters is 1. The van der Waals surface area contributed by atoms with Crippen LogP contribution in [0, 0.1) is 0 Å². The predicted molar refractivity (Wildman–Crippen MR) is 121 cm³/mol. The fraction of sp³-hybridized carbons (Fsp3) is 0.476. The van der Waals surface area contributed by atoms with Crippen molar-refractivity contribution in [3.05, 3.63) is 28.5 Å². The first-order valence-electron chi connectivity index (χ1n) is 11.3. The molecule has 0 aliphatic carbocycles. The summed E-state index contributed by atoms with van der Waals surface area (Å²) in [5.41, 5.74) is 0. The highest BCUT2D eigenvalue weighted by Gasteiger charge is 2.39. The van der Waals surface area contributed by atoms with Crippen LogP contribution in [0.2, 0.25) is 0 Å². The number of fused-ring (bicyclic) bond motifs is 2. The Labute approximate surface area is 206 Å². The highest BCUT2D eigenvalue weighted by Crippen LogP contribution is 2.36. The summed E-state index contributed by atoms with van der Waals surface area (Å²) in [6.07, 6.45) is -2.97. The second kappa shape index (κ2) is 9.44. The van der Waals surface area contributed by atoms with Gasteiger partial charge >= 0.3 is 12.1 Å². The molecule has 4 aromatic rings. The molecule has 0 bridgehead atoms. The van der Waals surface area contributed by atoms with E-state index >= 15 is 0 Å². The van der Waals surface area contributed by atoms with Crippen molar-refractivity contribution in [2.75, 3.05) is 18.1 Å². The third kappa shape index (κ3) is 4.62.